The first-order valence-electron chi connectivity index (χ1n) is 8.17. The van der Waals surface area contributed by atoms with Crippen LogP contribution in [-0.4, -0.2) is 43.7 Å². The number of anilines is 1. The van der Waals surface area contributed by atoms with Crippen LogP contribution in [-0.2, 0) is 15.8 Å². The van der Waals surface area contributed by atoms with E-state index in [1.54, 1.807) is 26.0 Å². The zero-order chi connectivity index (χ0) is 19.8. The summed E-state index contributed by atoms with van der Waals surface area (Å²) in [6.07, 6.45) is -3.45. The second-order valence-corrected chi connectivity index (χ2v) is 6.27. The second-order valence-electron chi connectivity index (χ2n) is 6.27. The lowest BCUT2D eigenvalue weighted by Gasteiger charge is -2.19. The fraction of sp³-hybridized carbons (Fsp3) is 0.353. The zero-order valence-electron chi connectivity index (χ0n) is 14.5. The maximum absolute atomic E-state index is 13.2. The monoisotopic (exact) mass is 379 g/mol. The number of imide groups is 1. The van der Waals surface area contributed by atoms with Crippen molar-refractivity contribution >= 4 is 17.6 Å². The lowest BCUT2D eigenvalue weighted by molar-refractivity contribution is -0.141. The largest absolute Gasteiger partial charge is 0.433 e. The van der Waals surface area contributed by atoms with E-state index in [2.05, 4.69) is 20.3 Å². The predicted molar refractivity (Wildman–Crippen MR) is 89.3 cm³/mol. The van der Waals surface area contributed by atoms with Gasteiger partial charge in [-0.15, -0.1) is 0 Å². The van der Waals surface area contributed by atoms with Crippen molar-refractivity contribution in [2.45, 2.75) is 38.5 Å². The molecule has 1 aliphatic rings. The van der Waals surface area contributed by atoms with E-state index in [0.717, 1.165) is 4.90 Å². The first kappa shape index (κ1) is 18.7. The van der Waals surface area contributed by atoms with E-state index in [1.807, 2.05) is 0 Å². The molecular weight excluding hydrogens is 363 g/mol. The SMILES string of the molecule is CC(C)N1C(=O)C[C@H](Nc2cc(C(F)(F)F)nc(-c3ccccn3)n2)C1=O. The zero-order valence-corrected chi connectivity index (χ0v) is 14.5. The molecule has 1 N–H and O–H groups in total. The number of carbonyl (C=O) groups excluding carboxylic acids is 2. The van der Waals surface area contributed by atoms with Crippen molar-refractivity contribution in [1.29, 1.82) is 0 Å². The van der Waals surface area contributed by atoms with Gasteiger partial charge in [-0.05, 0) is 26.0 Å². The quantitative estimate of drug-likeness (QED) is 0.822. The number of nitrogens with one attached hydrogen (secondary N) is 1. The Morgan fingerprint density at radius 1 is 1.22 bits per heavy atom. The van der Waals surface area contributed by atoms with Crippen LogP contribution in [0.15, 0.2) is 30.5 Å². The molecule has 2 amide bonds. The Kier molecular flexibility index (Phi) is 4.81. The number of amides is 2. The summed E-state index contributed by atoms with van der Waals surface area (Å²) in [6.45, 7) is 3.37. The van der Waals surface area contributed by atoms with Gasteiger partial charge >= 0.3 is 6.18 Å². The minimum atomic E-state index is -4.71. The van der Waals surface area contributed by atoms with Gasteiger partial charge in [-0.2, -0.15) is 13.2 Å². The van der Waals surface area contributed by atoms with Crippen LogP contribution in [0.2, 0.25) is 0 Å². The van der Waals surface area contributed by atoms with Gasteiger partial charge in [-0.25, -0.2) is 9.97 Å². The third-order valence-electron chi connectivity index (χ3n) is 3.93. The van der Waals surface area contributed by atoms with Crippen molar-refractivity contribution in [3.8, 4) is 11.5 Å². The molecule has 1 aliphatic heterocycles. The molecule has 1 atom stereocenters. The second kappa shape index (κ2) is 6.93. The van der Waals surface area contributed by atoms with Crippen molar-refractivity contribution in [2.75, 3.05) is 5.32 Å². The highest BCUT2D eigenvalue weighted by molar-refractivity contribution is 6.07. The highest BCUT2D eigenvalue weighted by atomic mass is 19.4. The first-order chi connectivity index (χ1) is 12.7. The lowest BCUT2D eigenvalue weighted by Crippen LogP contribution is -2.39. The third-order valence-corrected chi connectivity index (χ3v) is 3.93. The summed E-state index contributed by atoms with van der Waals surface area (Å²) >= 11 is 0. The van der Waals surface area contributed by atoms with Gasteiger partial charge in [0.05, 0.1) is 6.42 Å². The first-order valence-corrected chi connectivity index (χ1v) is 8.17. The Labute approximate surface area is 152 Å². The molecule has 0 radical (unpaired) electrons. The number of nitrogens with zero attached hydrogens (tertiary/aromatic N) is 4. The average Bonchev–Trinajstić information content (AvgIpc) is 2.88. The molecule has 1 fully saturated rings. The van der Waals surface area contributed by atoms with Gasteiger partial charge in [-0.3, -0.25) is 19.5 Å². The topological polar surface area (TPSA) is 88.1 Å². The molecule has 27 heavy (non-hydrogen) atoms. The molecule has 0 spiro atoms. The van der Waals surface area contributed by atoms with Crippen LogP contribution in [0.4, 0.5) is 19.0 Å². The molecule has 0 aliphatic carbocycles. The number of rotatable bonds is 4. The van der Waals surface area contributed by atoms with Crippen LogP contribution in [0.3, 0.4) is 0 Å². The van der Waals surface area contributed by atoms with E-state index >= 15 is 0 Å². The van der Waals surface area contributed by atoms with Gasteiger partial charge in [0.2, 0.25) is 5.91 Å². The Hall–Kier alpha value is -3.04. The fourth-order valence-corrected chi connectivity index (χ4v) is 2.76. The van der Waals surface area contributed by atoms with E-state index < -0.39 is 23.8 Å². The Bertz CT molecular complexity index is 871. The Balaban J connectivity index is 1.96. The molecule has 0 aromatic carbocycles. The molecule has 142 valence electrons. The van der Waals surface area contributed by atoms with Crippen molar-refractivity contribution in [1.82, 2.24) is 19.9 Å². The summed E-state index contributed by atoms with van der Waals surface area (Å²) in [5.41, 5.74) is -1.01. The minimum absolute atomic E-state index is 0.152. The Morgan fingerprint density at radius 3 is 2.52 bits per heavy atom. The summed E-state index contributed by atoms with van der Waals surface area (Å²) in [7, 11) is 0. The number of halogens is 3. The normalized spacial score (nSPS) is 17.7. The summed E-state index contributed by atoms with van der Waals surface area (Å²) in [4.78, 5) is 37.0. The van der Waals surface area contributed by atoms with E-state index in [0.29, 0.717) is 6.07 Å². The fourth-order valence-electron chi connectivity index (χ4n) is 2.76. The van der Waals surface area contributed by atoms with Crippen LogP contribution in [0.5, 0.6) is 0 Å². The van der Waals surface area contributed by atoms with Crippen molar-refractivity contribution in [3.63, 3.8) is 0 Å². The van der Waals surface area contributed by atoms with E-state index in [9.17, 15) is 22.8 Å². The number of carbonyl (C=O) groups is 2. The van der Waals surface area contributed by atoms with E-state index in [4.69, 9.17) is 0 Å². The molecule has 0 bridgehead atoms. The Morgan fingerprint density at radius 2 is 1.96 bits per heavy atom. The van der Waals surface area contributed by atoms with Crippen molar-refractivity contribution in [3.05, 3.63) is 36.2 Å². The lowest BCUT2D eigenvalue weighted by atomic mass is 10.2. The predicted octanol–water partition coefficient (Wildman–Crippen LogP) is 2.51. The summed E-state index contributed by atoms with van der Waals surface area (Å²) in [5, 5.41) is 2.64. The van der Waals surface area contributed by atoms with Crippen LogP contribution in [0.1, 0.15) is 26.0 Å². The van der Waals surface area contributed by atoms with Crippen LogP contribution in [0, 0.1) is 0 Å². The molecule has 1 saturated heterocycles. The summed E-state index contributed by atoms with van der Waals surface area (Å²) in [6, 6.07) is 4.08. The van der Waals surface area contributed by atoms with Crippen molar-refractivity contribution in [2.24, 2.45) is 0 Å². The maximum Gasteiger partial charge on any atom is 0.433 e. The molecule has 0 unspecified atom stereocenters. The van der Waals surface area contributed by atoms with Crippen LogP contribution >= 0.6 is 0 Å². The molecule has 2 aromatic heterocycles. The van der Waals surface area contributed by atoms with Crippen LogP contribution in [0.25, 0.3) is 11.5 Å². The van der Waals surface area contributed by atoms with Gasteiger partial charge in [0, 0.05) is 18.3 Å². The highest BCUT2D eigenvalue weighted by Crippen LogP contribution is 2.31. The van der Waals surface area contributed by atoms with E-state index in [1.165, 1.54) is 12.3 Å². The number of alkyl halides is 3. The van der Waals surface area contributed by atoms with Crippen LogP contribution < -0.4 is 5.32 Å². The van der Waals surface area contributed by atoms with Gasteiger partial charge in [0.1, 0.15) is 17.6 Å². The third kappa shape index (κ3) is 3.88. The number of likely N-dealkylation sites (tertiary alicyclic amines) is 1. The molecule has 0 saturated carbocycles. The molecular formula is C17H16F3N5O2. The van der Waals surface area contributed by atoms with Crippen molar-refractivity contribution < 1.29 is 22.8 Å². The molecule has 7 nitrogen and oxygen atoms in total. The smallest absolute Gasteiger partial charge is 0.358 e. The summed E-state index contributed by atoms with van der Waals surface area (Å²) in [5.74, 6) is -1.32. The number of aromatic nitrogens is 3. The number of hydrogen-bond donors (Lipinski definition) is 1. The molecule has 2 aromatic rings. The van der Waals surface area contributed by atoms with Gasteiger partial charge in [0.15, 0.2) is 11.5 Å². The number of hydrogen-bond acceptors (Lipinski definition) is 6. The van der Waals surface area contributed by atoms with Gasteiger partial charge in [-0.1, -0.05) is 6.07 Å². The summed E-state index contributed by atoms with van der Waals surface area (Å²) < 4.78 is 39.6. The van der Waals surface area contributed by atoms with Gasteiger partial charge in [0.25, 0.3) is 5.91 Å². The molecule has 3 rings (SSSR count). The minimum Gasteiger partial charge on any atom is -0.358 e. The highest BCUT2D eigenvalue weighted by Gasteiger charge is 2.40. The molecule has 10 heteroatoms. The van der Waals surface area contributed by atoms with Gasteiger partial charge < -0.3 is 5.32 Å². The average molecular weight is 379 g/mol. The molecule has 3 heterocycles. The standard InChI is InChI=1S/C17H16F3N5O2/c1-9(2)25-14(26)7-11(16(25)27)22-13-8-12(17(18,19)20)23-15(24-13)10-5-3-4-6-21-10/h3-6,8-9,11H,7H2,1-2H3,(H,22,23,24)/t11-/m0/s1. The maximum atomic E-state index is 13.2. The number of pyridine rings is 1. The van der Waals surface area contributed by atoms with E-state index in [-0.39, 0.29) is 35.7 Å².